The predicted octanol–water partition coefficient (Wildman–Crippen LogP) is 2.76. The van der Waals surface area contributed by atoms with Crippen molar-refractivity contribution in [3.05, 3.63) is 16.4 Å². The normalized spacial score (nSPS) is 13.2. The Kier molecular flexibility index (Phi) is 3.93. The molecular weight excluding hydrogens is 232 g/mol. The van der Waals surface area contributed by atoms with Crippen molar-refractivity contribution in [2.75, 3.05) is 7.11 Å². The maximum Gasteiger partial charge on any atom is 0.102 e. The smallest absolute Gasteiger partial charge is 0.102 e. The van der Waals surface area contributed by atoms with Crippen LogP contribution in [-0.2, 0) is 11.3 Å². The summed E-state index contributed by atoms with van der Waals surface area (Å²) >= 11 is 3.45. The van der Waals surface area contributed by atoms with Crippen LogP contribution in [0.25, 0.3) is 0 Å². The first-order chi connectivity index (χ1) is 6.19. The predicted molar refractivity (Wildman–Crippen MR) is 55.6 cm³/mol. The number of hydrogen-bond donors (Lipinski definition) is 0. The van der Waals surface area contributed by atoms with E-state index in [1.165, 1.54) is 0 Å². The van der Waals surface area contributed by atoms with Crippen LogP contribution < -0.4 is 0 Å². The number of aromatic nitrogens is 2. The third-order valence-electron chi connectivity index (χ3n) is 2.08. The van der Waals surface area contributed by atoms with Crippen molar-refractivity contribution >= 4 is 15.9 Å². The van der Waals surface area contributed by atoms with Crippen LogP contribution >= 0.6 is 15.9 Å². The van der Waals surface area contributed by atoms with Crippen LogP contribution in [-0.4, -0.2) is 16.9 Å². The van der Waals surface area contributed by atoms with Gasteiger partial charge in [0.1, 0.15) is 5.69 Å². The van der Waals surface area contributed by atoms with E-state index < -0.39 is 0 Å². The molecule has 3 nitrogen and oxygen atoms in total. The summed E-state index contributed by atoms with van der Waals surface area (Å²) in [7, 11) is 1.68. The first kappa shape index (κ1) is 10.7. The Morgan fingerprint density at radius 2 is 2.38 bits per heavy atom. The van der Waals surface area contributed by atoms with Crippen LogP contribution in [0.5, 0.6) is 0 Å². The molecule has 0 saturated carbocycles. The molecule has 1 aromatic rings. The Morgan fingerprint density at radius 1 is 1.69 bits per heavy atom. The van der Waals surface area contributed by atoms with E-state index in [1.807, 2.05) is 10.9 Å². The van der Waals surface area contributed by atoms with Gasteiger partial charge >= 0.3 is 0 Å². The fraction of sp³-hybridized carbons (Fsp3) is 0.667. The highest BCUT2D eigenvalue weighted by Gasteiger charge is 2.09. The highest BCUT2D eigenvalue weighted by atomic mass is 79.9. The Bertz CT molecular complexity index is 273. The number of halogens is 1. The van der Waals surface area contributed by atoms with Gasteiger partial charge in [-0.3, -0.25) is 4.68 Å². The molecule has 0 amide bonds. The third-order valence-corrected chi connectivity index (χ3v) is 2.74. The van der Waals surface area contributed by atoms with Gasteiger partial charge < -0.3 is 4.74 Å². The molecule has 0 N–H and O–H groups in total. The Morgan fingerprint density at radius 3 is 2.92 bits per heavy atom. The number of rotatable bonds is 4. The monoisotopic (exact) mass is 246 g/mol. The molecule has 1 heterocycles. The summed E-state index contributed by atoms with van der Waals surface area (Å²) in [6.07, 6.45) is 3.09. The van der Waals surface area contributed by atoms with Gasteiger partial charge in [0.2, 0.25) is 0 Å². The van der Waals surface area contributed by atoms with Crippen molar-refractivity contribution in [1.82, 2.24) is 9.78 Å². The number of methoxy groups -OCH3 is 1. The minimum absolute atomic E-state index is 0.446. The minimum Gasteiger partial charge on any atom is -0.378 e. The standard InChI is InChI=1S/C9H15BrN2O/c1-4-7(2)12-5-8(10)9(11-12)6-13-3/h5,7H,4,6H2,1-3H3/t7-/m1/s1. The molecule has 74 valence electrons. The summed E-state index contributed by atoms with van der Waals surface area (Å²) in [4.78, 5) is 0. The van der Waals surface area contributed by atoms with Crippen LogP contribution in [0.1, 0.15) is 32.0 Å². The second-order valence-electron chi connectivity index (χ2n) is 3.09. The average molecular weight is 247 g/mol. The van der Waals surface area contributed by atoms with Gasteiger partial charge in [-0.1, -0.05) is 6.92 Å². The second kappa shape index (κ2) is 4.77. The van der Waals surface area contributed by atoms with E-state index in [-0.39, 0.29) is 0 Å². The molecule has 0 aliphatic rings. The molecule has 0 aromatic carbocycles. The summed E-state index contributed by atoms with van der Waals surface area (Å²) in [5, 5.41) is 4.42. The van der Waals surface area contributed by atoms with Crippen molar-refractivity contribution in [3.8, 4) is 0 Å². The topological polar surface area (TPSA) is 27.1 Å². The number of ether oxygens (including phenoxy) is 1. The molecule has 0 saturated heterocycles. The third kappa shape index (κ3) is 2.54. The minimum atomic E-state index is 0.446. The molecule has 0 unspecified atom stereocenters. The summed E-state index contributed by atoms with van der Waals surface area (Å²) in [5.74, 6) is 0. The fourth-order valence-corrected chi connectivity index (χ4v) is 1.46. The van der Waals surface area contributed by atoms with Gasteiger partial charge in [0, 0.05) is 19.3 Å². The van der Waals surface area contributed by atoms with Crippen LogP contribution in [0.15, 0.2) is 10.7 Å². The van der Waals surface area contributed by atoms with Crippen LogP contribution in [0, 0.1) is 0 Å². The van der Waals surface area contributed by atoms with Gasteiger partial charge in [0.25, 0.3) is 0 Å². The van der Waals surface area contributed by atoms with Gasteiger partial charge in [0.05, 0.1) is 11.1 Å². The first-order valence-corrected chi connectivity index (χ1v) is 5.20. The van der Waals surface area contributed by atoms with E-state index in [0.29, 0.717) is 12.6 Å². The lowest BCUT2D eigenvalue weighted by Gasteiger charge is -2.07. The molecule has 0 aliphatic heterocycles. The quantitative estimate of drug-likeness (QED) is 0.817. The van der Waals surface area contributed by atoms with E-state index >= 15 is 0 Å². The molecule has 4 heteroatoms. The van der Waals surface area contributed by atoms with Crippen molar-refractivity contribution in [1.29, 1.82) is 0 Å². The van der Waals surface area contributed by atoms with Crippen LogP contribution in [0.2, 0.25) is 0 Å². The second-order valence-corrected chi connectivity index (χ2v) is 3.95. The molecule has 1 atom stereocenters. The molecule has 0 bridgehead atoms. The molecular formula is C9H15BrN2O. The van der Waals surface area contributed by atoms with Gasteiger partial charge in [0.15, 0.2) is 0 Å². The van der Waals surface area contributed by atoms with Crippen LogP contribution in [0.3, 0.4) is 0 Å². The maximum atomic E-state index is 5.03. The maximum absolute atomic E-state index is 5.03. The summed E-state index contributed by atoms with van der Waals surface area (Å²) in [6.45, 7) is 4.86. The van der Waals surface area contributed by atoms with Gasteiger partial charge in [-0.2, -0.15) is 5.10 Å². The molecule has 13 heavy (non-hydrogen) atoms. The zero-order valence-corrected chi connectivity index (χ0v) is 9.84. The zero-order chi connectivity index (χ0) is 9.84. The summed E-state index contributed by atoms with van der Waals surface area (Å²) in [6, 6.07) is 0.446. The zero-order valence-electron chi connectivity index (χ0n) is 8.25. The van der Waals surface area contributed by atoms with Gasteiger partial charge in [-0.15, -0.1) is 0 Å². The molecule has 0 spiro atoms. The lowest BCUT2D eigenvalue weighted by molar-refractivity contribution is 0.180. The summed E-state index contributed by atoms with van der Waals surface area (Å²) < 4.78 is 8.02. The SMILES string of the molecule is CC[C@@H](C)n1cc(Br)c(COC)n1. The lowest BCUT2D eigenvalue weighted by atomic mass is 10.3. The Hall–Kier alpha value is -0.350. The van der Waals surface area contributed by atoms with E-state index in [1.54, 1.807) is 7.11 Å². The number of hydrogen-bond acceptors (Lipinski definition) is 2. The molecule has 0 fully saturated rings. The van der Waals surface area contributed by atoms with E-state index in [2.05, 4.69) is 34.9 Å². The lowest BCUT2D eigenvalue weighted by Crippen LogP contribution is -2.04. The van der Waals surface area contributed by atoms with Crippen molar-refractivity contribution < 1.29 is 4.74 Å². The molecule has 0 radical (unpaired) electrons. The Balaban J connectivity index is 2.81. The van der Waals surface area contributed by atoms with Crippen LogP contribution in [0.4, 0.5) is 0 Å². The largest absolute Gasteiger partial charge is 0.378 e. The van der Waals surface area contributed by atoms with Gasteiger partial charge in [-0.05, 0) is 29.3 Å². The van der Waals surface area contributed by atoms with Gasteiger partial charge in [-0.25, -0.2) is 0 Å². The summed E-state index contributed by atoms with van der Waals surface area (Å²) in [5.41, 5.74) is 0.961. The van der Waals surface area contributed by atoms with Crippen molar-refractivity contribution in [2.24, 2.45) is 0 Å². The molecule has 1 rings (SSSR count). The van der Waals surface area contributed by atoms with E-state index in [4.69, 9.17) is 4.74 Å². The first-order valence-electron chi connectivity index (χ1n) is 4.41. The fourth-order valence-electron chi connectivity index (χ4n) is 1.05. The molecule has 0 aliphatic carbocycles. The number of nitrogens with zero attached hydrogens (tertiary/aromatic N) is 2. The Labute approximate surface area is 87.2 Å². The van der Waals surface area contributed by atoms with Crippen molar-refractivity contribution in [2.45, 2.75) is 32.9 Å². The van der Waals surface area contributed by atoms with E-state index in [9.17, 15) is 0 Å². The van der Waals surface area contributed by atoms with E-state index in [0.717, 1.165) is 16.6 Å². The average Bonchev–Trinajstić information content (AvgIpc) is 2.47. The van der Waals surface area contributed by atoms with Crippen molar-refractivity contribution in [3.63, 3.8) is 0 Å². The highest BCUT2D eigenvalue weighted by molar-refractivity contribution is 9.10. The highest BCUT2D eigenvalue weighted by Crippen LogP contribution is 2.19. The molecule has 1 aromatic heterocycles.